The summed E-state index contributed by atoms with van der Waals surface area (Å²) in [6.07, 6.45) is 4.29. The van der Waals surface area contributed by atoms with Crippen LogP contribution in [0.25, 0.3) is 10.9 Å². The average molecular weight is 326 g/mol. The van der Waals surface area contributed by atoms with E-state index in [-0.39, 0.29) is 17.0 Å². The van der Waals surface area contributed by atoms with Gasteiger partial charge in [0, 0.05) is 30.1 Å². The van der Waals surface area contributed by atoms with Gasteiger partial charge >= 0.3 is 0 Å². The van der Waals surface area contributed by atoms with E-state index in [1.165, 1.54) is 29.8 Å². The molecule has 2 aromatic rings. The molecule has 0 bridgehead atoms. The number of amides is 1. The van der Waals surface area contributed by atoms with Crippen LogP contribution in [0, 0.1) is 17.7 Å². The summed E-state index contributed by atoms with van der Waals surface area (Å²) >= 11 is 0. The number of halogens is 1. The van der Waals surface area contributed by atoms with Crippen molar-refractivity contribution in [3.8, 4) is 0 Å². The number of nitrogens with zero attached hydrogens (tertiary/aromatic N) is 1. The molecule has 5 heteroatoms. The standard InChI is InChI=1S/C19H19FN2O2/c1-11-2-3-12-9-22(10-13(12)6-11)19(24)16-8-18(23)21-17-5-4-14(20)7-15(16)17/h2,4-5,7-8,12-13H,3,6,9-10H2,1H3,(H,21,23). The van der Waals surface area contributed by atoms with Crippen LogP contribution < -0.4 is 5.56 Å². The second-order valence-electron chi connectivity index (χ2n) is 6.96. The second kappa shape index (κ2) is 5.58. The Hall–Kier alpha value is -2.43. The Morgan fingerprint density at radius 1 is 1.25 bits per heavy atom. The minimum absolute atomic E-state index is 0.177. The lowest BCUT2D eigenvalue weighted by atomic mass is 9.83. The summed E-state index contributed by atoms with van der Waals surface area (Å²) in [6, 6.07) is 5.38. The number of benzene rings is 1. The molecule has 24 heavy (non-hydrogen) atoms. The summed E-state index contributed by atoms with van der Waals surface area (Å²) in [5.74, 6) is 0.383. The molecule has 2 aliphatic rings. The smallest absolute Gasteiger partial charge is 0.254 e. The van der Waals surface area contributed by atoms with Crippen molar-refractivity contribution in [2.24, 2.45) is 11.8 Å². The number of nitrogens with one attached hydrogen (secondary N) is 1. The van der Waals surface area contributed by atoms with Crippen LogP contribution >= 0.6 is 0 Å². The Morgan fingerprint density at radius 3 is 2.88 bits per heavy atom. The van der Waals surface area contributed by atoms with Gasteiger partial charge in [-0.2, -0.15) is 0 Å². The molecule has 1 saturated heterocycles. The van der Waals surface area contributed by atoms with Crippen molar-refractivity contribution in [2.45, 2.75) is 19.8 Å². The van der Waals surface area contributed by atoms with Crippen molar-refractivity contribution in [1.29, 1.82) is 0 Å². The zero-order chi connectivity index (χ0) is 16.8. The highest BCUT2D eigenvalue weighted by Gasteiger charge is 2.36. The van der Waals surface area contributed by atoms with Crippen LogP contribution in [-0.4, -0.2) is 28.9 Å². The summed E-state index contributed by atoms with van der Waals surface area (Å²) in [5, 5.41) is 0.462. The van der Waals surface area contributed by atoms with Gasteiger partial charge in [0.05, 0.1) is 5.56 Å². The maximum Gasteiger partial charge on any atom is 0.254 e. The van der Waals surface area contributed by atoms with Crippen molar-refractivity contribution >= 4 is 16.8 Å². The van der Waals surface area contributed by atoms with E-state index < -0.39 is 5.82 Å². The molecule has 1 amide bonds. The lowest BCUT2D eigenvalue weighted by Gasteiger charge is -2.21. The molecule has 4 rings (SSSR count). The number of pyridine rings is 1. The van der Waals surface area contributed by atoms with E-state index in [9.17, 15) is 14.0 Å². The number of allylic oxidation sites excluding steroid dienone is 2. The van der Waals surface area contributed by atoms with Crippen LogP contribution in [0.4, 0.5) is 4.39 Å². The molecule has 0 radical (unpaired) electrons. The van der Waals surface area contributed by atoms with Crippen LogP contribution in [0.3, 0.4) is 0 Å². The molecule has 1 aromatic carbocycles. The van der Waals surface area contributed by atoms with Crippen molar-refractivity contribution in [3.05, 3.63) is 57.6 Å². The number of likely N-dealkylation sites (tertiary alicyclic amines) is 1. The zero-order valence-electron chi connectivity index (χ0n) is 13.5. The molecular formula is C19H19FN2O2. The van der Waals surface area contributed by atoms with Crippen molar-refractivity contribution in [3.63, 3.8) is 0 Å². The SMILES string of the molecule is CC1=CCC2CN(C(=O)c3cc(=O)[nH]c4ccc(F)cc34)CC2C1. The molecule has 0 spiro atoms. The topological polar surface area (TPSA) is 53.2 Å². The van der Waals surface area contributed by atoms with E-state index in [0.717, 1.165) is 12.8 Å². The minimum atomic E-state index is -0.418. The third-order valence-corrected chi connectivity index (χ3v) is 5.25. The Balaban J connectivity index is 1.69. The average Bonchev–Trinajstić information content (AvgIpc) is 2.97. The van der Waals surface area contributed by atoms with Crippen LogP contribution in [0.15, 0.2) is 40.7 Å². The first-order valence-electron chi connectivity index (χ1n) is 8.29. The third kappa shape index (κ3) is 2.54. The van der Waals surface area contributed by atoms with Crippen LogP contribution in [-0.2, 0) is 0 Å². The molecule has 4 nitrogen and oxygen atoms in total. The molecular weight excluding hydrogens is 307 g/mol. The van der Waals surface area contributed by atoms with Crippen LogP contribution in [0.5, 0.6) is 0 Å². The van der Waals surface area contributed by atoms with E-state index in [4.69, 9.17) is 0 Å². The van der Waals surface area contributed by atoms with Crippen molar-refractivity contribution < 1.29 is 9.18 Å². The second-order valence-corrected chi connectivity index (χ2v) is 6.96. The first-order chi connectivity index (χ1) is 11.5. The number of carbonyl (C=O) groups excluding carboxylic acids is 1. The predicted molar refractivity (Wildman–Crippen MR) is 90.4 cm³/mol. The molecule has 1 aromatic heterocycles. The Kier molecular flexibility index (Phi) is 3.52. The van der Waals surface area contributed by atoms with E-state index in [1.54, 1.807) is 0 Å². The maximum atomic E-state index is 13.6. The molecule has 2 atom stereocenters. The fraction of sp³-hybridized carbons (Fsp3) is 0.368. The van der Waals surface area contributed by atoms with Gasteiger partial charge in [0.15, 0.2) is 0 Å². The lowest BCUT2D eigenvalue weighted by molar-refractivity contribution is 0.0786. The van der Waals surface area contributed by atoms with Crippen LogP contribution in [0.1, 0.15) is 30.1 Å². The summed E-state index contributed by atoms with van der Waals surface area (Å²) < 4.78 is 13.6. The minimum Gasteiger partial charge on any atom is -0.338 e. The van der Waals surface area contributed by atoms with Crippen molar-refractivity contribution in [1.82, 2.24) is 9.88 Å². The summed E-state index contributed by atoms with van der Waals surface area (Å²) in [5.41, 5.74) is 1.82. The monoisotopic (exact) mass is 326 g/mol. The van der Waals surface area contributed by atoms with Gasteiger partial charge in [-0.05, 0) is 49.8 Å². The fourth-order valence-corrected chi connectivity index (χ4v) is 4.03. The normalized spacial score (nSPS) is 23.2. The highest BCUT2D eigenvalue weighted by molar-refractivity contribution is 6.06. The number of aromatic nitrogens is 1. The van der Waals surface area contributed by atoms with Gasteiger partial charge in [0.25, 0.3) is 5.91 Å². The maximum absolute atomic E-state index is 13.6. The third-order valence-electron chi connectivity index (χ3n) is 5.25. The van der Waals surface area contributed by atoms with Crippen LogP contribution in [0.2, 0.25) is 0 Å². The number of fused-ring (bicyclic) bond motifs is 2. The first kappa shape index (κ1) is 15.1. The molecule has 1 N–H and O–H groups in total. The van der Waals surface area contributed by atoms with Gasteiger partial charge in [0.2, 0.25) is 5.56 Å². The van der Waals surface area contributed by atoms with E-state index in [1.807, 2.05) is 4.90 Å². The Morgan fingerprint density at radius 2 is 2.04 bits per heavy atom. The molecule has 1 aliphatic heterocycles. The van der Waals surface area contributed by atoms with Gasteiger partial charge in [0.1, 0.15) is 5.82 Å². The summed E-state index contributed by atoms with van der Waals surface area (Å²) in [4.78, 5) is 29.3. The van der Waals surface area contributed by atoms with E-state index in [0.29, 0.717) is 35.8 Å². The molecule has 1 fully saturated rings. The largest absolute Gasteiger partial charge is 0.338 e. The van der Waals surface area contributed by atoms with Gasteiger partial charge in [-0.25, -0.2) is 4.39 Å². The van der Waals surface area contributed by atoms with Gasteiger partial charge in [-0.3, -0.25) is 9.59 Å². The van der Waals surface area contributed by atoms with E-state index >= 15 is 0 Å². The summed E-state index contributed by atoms with van der Waals surface area (Å²) in [6.45, 7) is 3.54. The number of aromatic amines is 1. The molecule has 1 aliphatic carbocycles. The van der Waals surface area contributed by atoms with Gasteiger partial charge in [-0.1, -0.05) is 11.6 Å². The zero-order valence-corrected chi connectivity index (χ0v) is 13.5. The number of carbonyl (C=O) groups is 1. The molecule has 124 valence electrons. The predicted octanol–water partition coefficient (Wildman–Crippen LogP) is 3.10. The molecule has 2 heterocycles. The summed E-state index contributed by atoms with van der Waals surface area (Å²) in [7, 11) is 0. The van der Waals surface area contributed by atoms with Crippen molar-refractivity contribution in [2.75, 3.05) is 13.1 Å². The van der Waals surface area contributed by atoms with E-state index in [2.05, 4.69) is 18.0 Å². The van der Waals surface area contributed by atoms with Gasteiger partial charge < -0.3 is 9.88 Å². The molecule has 2 unspecified atom stereocenters. The Labute approximate surface area is 139 Å². The number of H-pyrrole nitrogens is 1. The lowest BCUT2D eigenvalue weighted by Crippen LogP contribution is -2.30. The molecule has 0 saturated carbocycles. The Bertz CT molecular complexity index is 915. The fourth-order valence-electron chi connectivity index (χ4n) is 4.03. The number of hydrogen-bond acceptors (Lipinski definition) is 2. The number of rotatable bonds is 1. The number of hydrogen-bond donors (Lipinski definition) is 1. The van der Waals surface area contributed by atoms with Gasteiger partial charge in [-0.15, -0.1) is 0 Å². The highest BCUT2D eigenvalue weighted by atomic mass is 19.1. The highest BCUT2D eigenvalue weighted by Crippen LogP contribution is 2.36. The quantitative estimate of drug-likeness (QED) is 0.819. The first-order valence-corrected chi connectivity index (χ1v) is 8.29.